The van der Waals surface area contributed by atoms with Crippen molar-refractivity contribution in [3.05, 3.63) is 22.6 Å². The van der Waals surface area contributed by atoms with E-state index in [1.807, 2.05) is 12.1 Å². The van der Waals surface area contributed by atoms with Crippen LogP contribution in [-0.4, -0.2) is 6.54 Å². The minimum absolute atomic E-state index is 0.295. The van der Waals surface area contributed by atoms with Crippen molar-refractivity contribution >= 4 is 15.9 Å². The summed E-state index contributed by atoms with van der Waals surface area (Å²) in [6, 6.07) is 4.27. The molecule has 3 heteroatoms. The van der Waals surface area contributed by atoms with Crippen LogP contribution in [0.15, 0.2) is 21.2 Å². The van der Waals surface area contributed by atoms with Crippen molar-refractivity contribution in [3.63, 3.8) is 0 Å². The van der Waals surface area contributed by atoms with Crippen molar-refractivity contribution in [3.8, 4) is 0 Å². The largest absolute Gasteiger partial charge is 0.453 e. The summed E-state index contributed by atoms with van der Waals surface area (Å²) >= 11 is 3.33. The van der Waals surface area contributed by atoms with Crippen LogP contribution in [0.25, 0.3) is 0 Å². The second kappa shape index (κ2) is 4.92. The molecule has 0 saturated heterocycles. The van der Waals surface area contributed by atoms with E-state index < -0.39 is 0 Å². The molecular weight excluding hydrogens is 266 g/mol. The summed E-state index contributed by atoms with van der Waals surface area (Å²) < 4.78 is 6.36. The van der Waals surface area contributed by atoms with Crippen LogP contribution in [0.4, 0.5) is 0 Å². The molecule has 16 heavy (non-hydrogen) atoms. The van der Waals surface area contributed by atoms with Crippen LogP contribution in [0, 0.1) is 5.41 Å². The van der Waals surface area contributed by atoms with Gasteiger partial charge in [0.2, 0.25) is 0 Å². The van der Waals surface area contributed by atoms with E-state index in [1.54, 1.807) is 0 Å². The Kier molecular flexibility index (Phi) is 3.75. The molecule has 1 aromatic heterocycles. The van der Waals surface area contributed by atoms with E-state index in [9.17, 15) is 0 Å². The number of rotatable bonds is 4. The lowest BCUT2D eigenvalue weighted by molar-refractivity contribution is 0.290. The number of nitrogens with one attached hydrogen (secondary N) is 1. The third-order valence-corrected chi connectivity index (χ3v) is 4.09. The highest BCUT2D eigenvalue weighted by Crippen LogP contribution is 2.37. The molecule has 1 saturated carbocycles. The van der Waals surface area contributed by atoms with Gasteiger partial charge in [0.1, 0.15) is 5.76 Å². The minimum Gasteiger partial charge on any atom is -0.453 e. The number of halogens is 1. The summed E-state index contributed by atoms with van der Waals surface area (Å²) in [5.41, 5.74) is 0.498. The highest BCUT2D eigenvalue weighted by molar-refractivity contribution is 9.10. The first-order valence-corrected chi connectivity index (χ1v) is 6.87. The van der Waals surface area contributed by atoms with Gasteiger partial charge in [0, 0.05) is 6.54 Å². The van der Waals surface area contributed by atoms with E-state index in [0.717, 1.165) is 17.0 Å². The lowest BCUT2D eigenvalue weighted by Crippen LogP contribution is -2.31. The minimum atomic E-state index is 0.295. The Morgan fingerprint density at radius 2 is 2.12 bits per heavy atom. The van der Waals surface area contributed by atoms with Gasteiger partial charge in [-0.25, -0.2) is 0 Å². The summed E-state index contributed by atoms with van der Waals surface area (Å²) in [7, 11) is 0. The van der Waals surface area contributed by atoms with E-state index in [-0.39, 0.29) is 0 Å². The molecule has 1 unspecified atom stereocenters. The van der Waals surface area contributed by atoms with Crippen molar-refractivity contribution in [2.75, 3.05) is 6.54 Å². The Morgan fingerprint density at radius 3 is 2.69 bits per heavy atom. The molecule has 0 aliphatic heterocycles. The molecule has 1 heterocycles. The van der Waals surface area contributed by atoms with Crippen LogP contribution in [0.5, 0.6) is 0 Å². The molecule has 1 aliphatic rings. The molecule has 0 aromatic carbocycles. The van der Waals surface area contributed by atoms with Crippen LogP contribution < -0.4 is 5.32 Å². The SMILES string of the molecule is CC(NCC1(C)CCCC1)c1ccc(Br)o1. The summed E-state index contributed by atoms with van der Waals surface area (Å²) in [4.78, 5) is 0. The van der Waals surface area contributed by atoms with E-state index in [1.165, 1.54) is 25.7 Å². The molecule has 1 aromatic rings. The summed E-state index contributed by atoms with van der Waals surface area (Å²) in [6.07, 6.45) is 5.49. The van der Waals surface area contributed by atoms with Gasteiger partial charge in [0.05, 0.1) is 6.04 Å². The predicted molar refractivity (Wildman–Crippen MR) is 69.4 cm³/mol. The Bertz CT molecular complexity index is 341. The first kappa shape index (κ1) is 12.2. The first-order chi connectivity index (χ1) is 7.59. The Balaban J connectivity index is 1.86. The Labute approximate surface area is 106 Å². The Hall–Kier alpha value is -0.280. The lowest BCUT2D eigenvalue weighted by Gasteiger charge is -2.25. The maximum Gasteiger partial charge on any atom is 0.169 e. The second-order valence-electron chi connectivity index (χ2n) is 5.26. The maximum atomic E-state index is 5.55. The standard InChI is InChI=1S/C13H20BrNO/c1-10(11-5-6-12(14)16-11)15-9-13(2)7-3-4-8-13/h5-6,10,15H,3-4,7-9H2,1-2H3. The van der Waals surface area contributed by atoms with Crippen LogP contribution in [-0.2, 0) is 0 Å². The molecule has 1 fully saturated rings. The van der Waals surface area contributed by atoms with Gasteiger partial charge in [0.25, 0.3) is 0 Å². The molecule has 0 bridgehead atoms. The molecule has 90 valence electrons. The van der Waals surface area contributed by atoms with Gasteiger partial charge in [-0.15, -0.1) is 0 Å². The van der Waals surface area contributed by atoms with E-state index >= 15 is 0 Å². The maximum absolute atomic E-state index is 5.55. The summed E-state index contributed by atoms with van der Waals surface area (Å²) in [6.45, 7) is 5.63. The third kappa shape index (κ3) is 2.89. The average Bonchev–Trinajstić information content (AvgIpc) is 2.85. The monoisotopic (exact) mass is 285 g/mol. The van der Waals surface area contributed by atoms with Crippen LogP contribution in [0.2, 0.25) is 0 Å². The molecule has 0 amide bonds. The molecule has 2 rings (SSSR count). The van der Waals surface area contributed by atoms with Crippen LogP contribution >= 0.6 is 15.9 Å². The van der Waals surface area contributed by atoms with Gasteiger partial charge in [-0.05, 0) is 53.2 Å². The number of hydrogen-bond donors (Lipinski definition) is 1. The first-order valence-electron chi connectivity index (χ1n) is 6.08. The molecule has 0 spiro atoms. The van der Waals surface area contributed by atoms with Crippen LogP contribution in [0.1, 0.15) is 51.3 Å². The fourth-order valence-electron chi connectivity index (χ4n) is 2.47. The van der Waals surface area contributed by atoms with Gasteiger partial charge < -0.3 is 9.73 Å². The zero-order valence-corrected chi connectivity index (χ0v) is 11.6. The predicted octanol–water partition coefficient (Wildman–Crippen LogP) is 4.27. The molecule has 1 aliphatic carbocycles. The van der Waals surface area contributed by atoms with Gasteiger partial charge >= 0.3 is 0 Å². The lowest BCUT2D eigenvalue weighted by atomic mass is 9.88. The second-order valence-corrected chi connectivity index (χ2v) is 6.04. The van der Waals surface area contributed by atoms with Crippen molar-refractivity contribution in [2.45, 2.75) is 45.6 Å². The normalized spacial score (nSPS) is 21.2. The van der Waals surface area contributed by atoms with Crippen molar-refractivity contribution < 1.29 is 4.42 Å². The van der Waals surface area contributed by atoms with E-state index in [0.29, 0.717) is 11.5 Å². The molecule has 2 nitrogen and oxygen atoms in total. The Morgan fingerprint density at radius 1 is 1.44 bits per heavy atom. The number of furan rings is 1. The molecule has 1 atom stereocenters. The smallest absolute Gasteiger partial charge is 0.169 e. The van der Waals surface area contributed by atoms with Gasteiger partial charge in [-0.3, -0.25) is 0 Å². The zero-order chi connectivity index (χ0) is 11.6. The summed E-state index contributed by atoms with van der Waals surface area (Å²) in [5.74, 6) is 1.01. The van der Waals surface area contributed by atoms with Gasteiger partial charge in [0.15, 0.2) is 4.67 Å². The summed E-state index contributed by atoms with van der Waals surface area (Å²) in [5, 5.41) is 3.58. The van der Waals surface area contributed by atoms with Crippen molar-refractivity contribution in [1.29, 1.82) is 0 Å². The van der Waals surface area contributed by atoms with Crippen molar-refractivity contribution in [2.24, 2.45) is 5.41 Å². The fourth-order valence-corrected chi connectivity index (χ4v) is 2.79. The highest BCUT2D eigenvalue weighted by Gasteiger charge is 2.28. The highest BCUT2D eigenvalue weighted by atomic mass is 79.9. The molecular formula is C13H20BrNO. The van der Waals surface area contributed by atoms with Crippen molar-refractivity contribution in [1.82, 2.24) is 5.32 Å². The van der Waals surface area contributed by atoms with Crippen LogP contribution in [0.3, 0.4) is 0 Å². The fraction of sp³-hybridized carbons (Fsp3) is 0.692. The quantitative estimate of drug-likeness (QED) is 0.894. The van der Waals surface area contributed by atoms with E-state index in [2.05, 4.69) is 35.1 Å². The van der Waals surface area contributed by atoms with Gasteiger partial charge in [-0.2, -0.15) is 0 Å². The topological polar surface area (TPSA) is 25.2 Å². The molecule has 0 radical (unpaired) electrons. The van der Waals surface area contributed by atoms with Gasteiger partial charge in [-0.1, -0.05) is 19.8 Å². The zero-order valence-electron chi connectivity index (χ0n) is 10.1. The molecule has 1 N–H and O–H groups in total. The third-order valence-electron chi connectivity index (χ3n) is 3.67. The van der Waals surface area contributed by atoms with E-state index in [4.69, 9.17) is 4.42 Å². The average molecular weight is 286 g/mol. The number of hydrogen-bond acceptors (Lipinski definition) is 2.